The monoisotopic (exact) mass is 553 g/mol. The number of pyridine rings is 1. The molecule has 2 aromatic rings. The molecule has 0 spiro atoms. The number of carboxylic acid groups (broad SMARTS) is 1. The number of methoxy groups -OCH3 is 1. The summed E-state index contributed by atoms with van der Waals surface area (Å²) in [5.41, 5.74) is 0.826. The molecule has 11 nitrogen and oxygen atoms in total. The van der Waals surface area contributed by atoms with Gasteiger partial charge >= 0.3 is 11.2 Å². The Morgan fingerprint density at radius 2 is 2.20 bits per heavy atom. The number of amides is 2. The summed E-state index contributed by atoms with van der Waals surface area (Å²) in [5, 5.41) is 20.5. The van der Waals surface area contributed by atoms with Gasteiger partial charge in [-0.25, -0.2) is 4.79 Å². The number of aliphatic carboxylic acids is 1. The van der Waals surface area contributed by atoms with Crippen molar-refractivity contribution in [3.8, 4) is 0 Å². The summed E-state index contributed by atoms with van der Waals surface area (Å²) in [7, 11) is 1.31. The van der Waals surface area contributed by atoms with E-state index in [2.05, 4.69) is 20.5 Å². The Morgan fingerprint density at radius 1 is 1.40 bits per heavy atom. The molecule has 1 saturated heterocycles. The highest BCUT2D eigenvalue weighted by Gasteiger charge is 2.54. The molecule has 2 aliphatic heterocycles. The summed E-state index contributed by atoms with van der Waals surface area (Å²) in [6.45, 7) is 1.84. The zero-order chi connectivity index (χ0) is 25.1. The van der Waals surface area contributed by atoms with E-state index in [4.69, 9.17) is 21.7 Å². The van der Waals surface area contributed by atoms with E-state index in [1.165, 1.54) is 53.1 Å². The van der Waals surface area contributed by atoms with Crippen LogP contribution in [0.3, 0.4) is 0 Å². The summed E-state index contributed by atoms with van der Waals surface area (Å²) in [6.07, 6.45) is 0.255. The predicted molar refractivity (Wildman–Crippen MR) is 133 cm³/mol. The third-order valence-electron chi connectivity index (χ3n) is 5.00. The zero-order valence-electron chi connectivity index (χ0n) is 18.4. The maximum absolute atomic E-state index is 13.0. The molecule has 2 amide bonds. The minimum Gasteiger partial charge on any atom is -0.477 e. The number of β-lactam (4-membered cyclic amide) rings is 1. The largest absolute Gasteiger partial charge is 0.477 e. The molecule has 2 aliphatic rings. The van der Waals surface area contributed by atoms with Gasteiger partial charge in [0.1, 0.15) is 22.1 Å². The first-order chi connectivity index (χ1) is 16.8. The minimum absolute atomic E-state index is 0.0592. The van der Waals surface area contributed by atoms with Crippen molar-refractivity contribution in [3.63, 3.8) is 0 Å². The van der Waals surface area contributed by atoms with Crippen LogP contribution in [-0.2, 0) is 23.9 Å². The Kier molecular flexibility index (Phi) is 7.88. The van der Waals surface area contributed by atoms with Crippen molar-refractivity contribution in [2.24, 2.45) is 0 Å². The van der Waals surface area contributed by atoms with Crippen LogP contribution in [0, 0.1) is 6.92 Å². The molecule has 4 rings (SSSR count). The van der Waals surface area contributed by atoms with Crippen molar-refractivity contribution in [2.75, 3.05) is 18.6 Å². The molecular weight excluding hydrogens is 535 g/mol. The van der Waals surface area contributed by atoms with Gasteiger partial charge in [-0.2, -0.15) is 0 Å². The van der Waals surface area contributed by atoms with E-state index < -0.39 is 35.3 Å². The standard InChI is InChI=1S/C20H19N5O6S4/c1-9-23-24-19(35-9)34-8-10-7-33-17-12(16(27)25(17)13(10)18(28)29)22-15(26)14(31-20(32)30-2)11-5-3-4-6-21-11/h3-6,12,14,17H,7-8H2,1-2H3,(H,22,26)(H,28,29). The maximum Gasteiger partial charge on any atom is 0.353 e. The number of carbonyl (C=O) groups is 3. The molecule has 1 fully saturated rings. The fourth-order valence-corrected chi connectivity index (χ4v) is 6.83. The first kappa shape index (κ1) is 25.3. The minimum atomic E-state index is -1.24. The fourth-order valence-electron chi connectivity index (χ4n) is 3.43. The molecule has 15 heteroatoms. The lowest BCUT2D eigenvalue weighted by molar-refractivity contribution is -0.151. The van der Waals surface area contributed by atoms with E-state index in [-0.39, 0.29) is 16.6 Å². The number of thiocarbonyl (C=S) groups is 1. The smallest absolute Gasteiger partial charge is 0.353 e. The van der Waals surface area contributed by atoms with Crippen molar-refractivity contribution in [1.82, 2.24) is 25.4 Å². The SMILES string of the molecule is COC(=S)OC(C(=O)NC1C(=O)N2C(C(=O)O)=C(CSc3nnc(C)s3)CSC12)c1ccccn1. The van der Waals surface area contributed by atoms with Crippen LogP contribution in [0.4, 0.5) is 0 Å². The van der Waals surface area contributed by atoms with Crippen LogP contribution >= 0.6 is 47.1 Å². The highest BCUT2D eigenvalue weighted by atomic mass is 32.2. The number of nitrogens with zero attached hydrogens (tertiary/aromatic N) is 4. The van der Waals surface area contributed by atoms with Crippen molar-refractivity contribution in [1.29, 1.82) is 0 Å². The van der Waals surface area contributed by atoms with Crippen molar-refractivity contribution >= 4 is 70.1 Å². The van der Waals surface area contributed by atoms with Gasteiger partial charge in [0.05, 0.1) is 12.8 Å². The third kappa shape index (κ3) is 5.42. The summed E-state index contributed by atoms with van der Waals surface area (Å²) < 4.78 is 11.0. The summed E-state index contributed by atoms with van der Waals surface area (Å²) >= 11 is 9.10. The topological polar surface area (TPSA) is 144 Å². The quantitative estimate of drug-likeness (QED) is 0.279. The second kappa shape index (κ2) is 10.9. The van der Waals surface area contributed by atoms with Gasteiger partial charge in [0.2, 0.25) is 6.10 Å². The molecule has 2 N–H and O–H groups in total. The van der Waals surface area contributed by atoms with Crippen molar-refractivity contribution < 1.29 is 29.0 Å². The Balaban J connectivity index is 1.48. The lowest BCUT2D eigenvalue weighted by Crippen LogP contribution is -2.71. The fraction of sp³-hybridized carbons (Fsp3) is 0.350. The van der Waals surface area contributed by atoms with E-state index >= 15 is 0 Å². The number of thioether (sulfide) groups is 2. The van der Waals surface area contributed by atoms with Crippen molar-refractivity contribution in [2.45, 2.75) is 28.8 Å². The van der Waals surface area contributed by atoms with Crippen LogP contribution < -0.4 is 5.32 Å². The van der Waals surface area contributed by atoms with Crippen LogP contribution in [0.25, 0.3) is 0 Å². The number of hydrogen-bond donors (Lipinski definition) is 2. The number of aryl methyl sites for hydroxylation is 1. The molecule has 0 aromatic carbocycles. The highest BCUT2D eigenvalue weighted by Crippen LogP contribution is 2.42. The molecule has 184 valence electrons. The lowest BCUT2D eigenvalue weighted by Gasteiger charge is -2.49. The molecule has 0 bridgehead atoms. The first-order valence-corrected chi connectivity index (χ1v) is 13.3. The van der Waals surface area contributed by atoms with E-state index in [9.17, 15) is 19.5 Å². The molecule has 3 atom stereocenters. The van der Waals surface area contributed by atoms with Gasteiger partial charge in [-0.1, -0.05) is 29.2 Å². The lowest BCUT2D eigenvalue weighted by atomic mass is 10.0. The molecule has 0 saturated carbocycles. The number of fused-ring (bicyclic) bond motifs is 1. The van der Waals surface area contributed by atoms with E-state index in [0.717, 1.165) is 9.35 Å². The van der Waals surface area contributed by atoms with Crippen LogP contribution in [0.15, 0.2) is 40.0 Å². The van der Waals surface area contributed by atoms with Crippen LogP contribution in [0.5, 0.6) is 0 Å². The number of nitrogens with one attached hydrogen (secondary N) is 1. The Morgan fingerprint density at radius 3 is 2.83 bits per heavy atom. The van der Waals surface area contributed by atoms with E-state index in [1.807, 2.05) is 6.92 Å². The highest BCUT2D eigenvalue weighted by molar-refractivity contribution is 8.01. The molecule has 2 aromatic heterocycles. The second-order valence-corrected chi connectivity index (χ2v) is 11.1. The molecular formula is C20H19N5O6S4. The van der Waals surface area contributed by atoms with Gasteiger partial charge in [0, 0.05) is 29.9 Å². The molecule has 0 aliphatic carbocycles. The molecule has 4 heterocycles. The Bertz CT molecular complexity index is 1190. The average Bonchev–Trinajstić information content (AvgIpc) is 3.28. The number of ether oxygens (including phenoxy) is 2. The molecule has 0 radical (unpaired) electrons. The first-order valence-electron chi connectivity index (χ1n) is 10.1. The number of carbonyl (C=O) groups excluding carboxylic acids is 2. The predicted octanol–water partition coefficient (Wildman–Crippen LogP) is 1.76. The van der Waals surface area contributed by atoms with Crippen molar-refractivity contribution in [3.05, 3.63) is 46.4 Å². The van der Waals surface area contributed by atoms with E-state index in [1.54, 1.807) is 18.2 Å². The van der Waals surface area contributed by atoms with Gasteiger partial charge in [-0.15, -0.1) is 22.0 Å². The summed E-state index contributed by atoms with van der Waals surface area (Å²) in [5.74, 6) is -1.60. The number of aromatic nitrogens is 3. The third-order valence-corrected chi connectivity index (χ3v) is 8.66. The average molecular weight is 554 g/mol. The zero-order valence-corrected chi connectivity index (χ0v) is 21.6. The Labute approximate surface area is 217 Å². The summed E-state index contributed by atoms with van der Waals surface area (Å²) in [4.78, 5) is 43.4. The van der Waals surface area contributed by atoms with Gasteiger partial charge < -0.3 is 19.9 Å². The van der Waals surface area contributed by atoms with Gasteiger partial charge in [0.15, 0.2) is 4.34 Å². The maximum atomic E-state index is 13.0. The number of rotatable bonds is 8. The van der Waals surface area contributed by atoms with E-state index in [0.29, 0.717) is 17.1 Å². The van der Waals surface area contributed by atoms with Gasteiger partial charge in [-0.3, -0.25) is 19.5 Å². The van der Waals surface area contributed by atoms with Gasteiger partial charge in [0.25, 0.3) is 11.8 Å². The number of hydrogen-bond acceptors (Lipinski definition) is 12. The van der Waals surface area contributed by atoms with Crippen LogP contribution in [-0.4, -0.2) is 78.2 Å². The number of carboxylic acids is 1. The second-order valence-electron chi connectivity index (χ2n) is 7.24. The normalized spacial score (nSPS) is 19.9. The van der Waals surface area contributed by atoms with Crippen LogP contribution in [0.1, 0.15) is 16.8 Å². The van der Waals surface area contributed by atoms with Gasteiger partial charge in [-0.05, 0) is 24.6 Å². The molecule has 35 heavy (non-hydrogen) atoms. The Hall–Kier alpha value is -2.75. The molecule has 3 unspecified atom stereocenters. The summed E-state index contributed by atoms with van der Waals surface area (Å²) in [6, 6.07) is 4.03. The van der Waals surface area contributed by atoms with Crippen LogP contribution in [0.2, 0.25) is 0 Å².